The Hall–Kier alpha value is -1.43. The summed E-state index contributed by atoms with van der Waals surface area (Å²) in [6, 6.07) is 8.75. The summed E-state index contributed by atoms with van der Waals surface area (Å²) in [7, 11) is 0. The molecule has 132 valence electrons. The Labute approximate surface area is 144 Å². The second-order valence-corrected chi connectivity index (χ2v) is 6.85. The maximum absolute atomic E-state index is 12.6. The molecule has 1 heterocycles. The fourth-order valence-electron chi connectivity index (χ4n) is 3.41. The number of aliphatic hydroxyl groups is 1. The van der Waals surface area contributed by atoms with Gasteiger partial charge in [0.15, 0.2) is 0 Å². The lowest BCUT2D eigenvalue weighted by atomic mass is 10.1. The topological polar surface area (TPSA) is 47.0 Å². The minimum atomic E-state index is 0.153. The molecule has 1 aliphatic heterocycles. The monoisotopic (exact) mass is 331 g/mol. The zero-order valence-electron chi connectivity index (χ0n) is 14.7. The third kappa shape index (κ3) is 4.35. The molecular formula is C19H29N3O2. The first kappa shape index (κ1) is 17.4. The maximum atomic E-state index is 12.6. The molecule has 0 spiro atoms. The van der Waals surface area contributed by atoms with Gasteiger partial charge in [-0.1, -0.05) is 19.1 Å². The molecule has 1 aromatic carbocycles. The Morgan fingerprint density at radius 3 is 2.38 bits per heavy atom. The molecule has 5 nitrogen and oxygen atoms in total. The van der Waals surface area contributed by atoms with Gasteiger partial charge in [0.05, 0.1) is 6.61 Å². The maximum Gasteiger partial charge on any atom is 0.253 e. The molecule has 1 saturated heterocycles. The molecular weight excluding hydrogens is 302 g/mol. The number of carbonyl (C=O) groups excluding carboxylic acids is 1. The number of hydrogen-bond acceptors (Lipinski definition) is 4. The molecule has 0 atom stereocenters. The number of amides is 1. The molecule has 24 heavy (non-hydrogen) atoms. The second-order valence-electron chi connectivity index (χ2n) is 6.85. The van der Waals surface area contributed by atoms with Gasteiger partial charge in [-0.3, -0.25) is 14.6 Å². The van der Waals surface area contributed by atoms with Crippen LogP contribution in [0.3, 0.4) is 0 Å². The standard InChI is InChI=1S/C19H29N3O2/c1-2-20(13-14-23)15-16-3-5-17(6-4-16)19(24)22-11-9-21(10-12-22)18-7-8-18/h3-6,18,23H,2,7-15H2,1H3. The summed E-state index contributed by atoms with van der Waals surface area (Å²) < 4.78 is 0. The van der Waals surface area contributed by atoms with Crippen LogP contribution in [0.25, 0.3) is 0 Å². The number of hydrogen-bond donors (Lipinski definition) is 1. The van der Waals surface area contributed by atoms with Crippen LogP contribution in [-0.2, 0) is 6.54 Å². The van der Waals surface area contributed by atoms with Crippen LogP contribution in [0.4, 0.5) is 0 Å². The van der Waals surface area contributed by atoms with E-state index in [1.165, 1.54) is 18.4 Å². The van der Waals surface area contributed by atoms with E-state index in [1.54, 1.807) is 0 Å². The Balaban J connectivity index is 1.53. The van der Waals surface area contributed by atoms with Gasteiger partial charge in [0, 0.05) is 50.9 Å². The Morgan fingerprint density at radius 1 is 1.17 bits per heavy atom. The molecule has 1 aliphatic carbocycles. The quantitative estimate of drug-likeness (QED) is 0.821. The second kappa shape index (κ2) is 8.10. The highest BCUT2D eigenvalue weighted by molar-refractivity contribution is 5.94. The highest BCUT2D eigenvalue weighted by Gasteiger charge is 2.32. The third-order valence-corrected chi connectivity index (χ3v) is 5.14. The summed E-state index contributed by atoms with van der Waals surface area (Å²) in [6.07, 6.45) is 2.67. The van der Waals surface area contributed by atoms with E-state index in [2.05, 4.69) is 16.7 Å². The average Bonchev–Trinajstić information content (AvgIpc) is 3.47. The van der Waals surface area contributed by atoms with E-state index < -0.39 is 0 Å². The molecule has 0 unspecified atom stereocenters. The fourth-order valence-corrected chi connectivity index (χ4v) is 3.41. The SMILES string of the molecule is CCN(CCO)Cc1ccc(C(=O)N2CCN(C3CC3)CC2)cc1. The normalized spacial score (nSPS) is 19.0. The predicted octanol–water partition coefficient (Wildman–Crippen LogP) is 1.42. The van der Waals surface area contributed by atoms with Crippen LogP contribution in [0.2, 0.25) is 0 Å². The van der Waals surface area contributed by atoms with Gasteiger partial charge >= 0.3 is 0 Å². The Kier molecular flexibility index (Phi) is 5.87. The van der Waals surface area contributed by atoms with Gasteiger partial charge in [-0.25, -0.2) is 0 Å². The van der Waals surface area contributed by atoms with Crippen molar-refractivity contribution >= 4 is 5.91 Å². The third-order valence-electron chi connectivity index (χ3n) is 5.14. The molecule has 0 bridgehead atoms. The van der Waals surface area contributed by atoms with Crippen LogP contribution < -0.4 is 0 Å². The lowest BCUT2D eigenvalue weighted by Gasteiger charge is -2.34. The smallest absolute Gasteiger partial charge is 0.253 e. The molecule has 3 rings (SSSR count). The zero-order chi connectivity index (χ0) is 16.9. The van der Waals surface area contributed by atoms with Crippen LogP contribution in [-0.4, -0.2) is 77.6 Å². The van der Waals surface area contributed by atoms with Crippen molar-refractivity contribution in [2.75, 3.05) is 45.9 Å². The van der Waals surface area contributed by atoms with E-state index in [0.717, 1.165) is 50.9 Å². The first-order valence-electron chi connectivity index (χ1n) is 9.16. The van der Waals surface area contributed by atoms with Crippen molar-refractivity contribution in [2.45, 2.75) is 32.4 Å². The van der Waals surface area contributed by atoms with Crippen LogP contribution in [0.1, 0.15) is 35.7 Å². The Bertz CT molecular complexity index is 534. The van der Waals surface area contributed by atoms with E-state index >= 15 is 0 Å². The van der Waals surface area contributed by atoms with Crippen LogP contribution in [0.5, 0.6) is 0 Å². The average molecular weight is 331 g/mol. The van der Waals surface area contributed by atoms with E-state index in [4.69, 9.17) is 5.11 Å². The minimum absolute atomic E-state index is 0.153. The number of aliphatic hydroxyl groups excluding tert-OH is 1. The highest BCUT2D eigenvalue weighted by atomic mass is 16.3. The van der Waals surface area contributed by atoms with E-state index in [1.807, 2.05) is 29.2 Å². The molecule has 1 saturated carbocycles. The zero-order valence-corrected chi connectivity index (χ0v) is 14.7. The lowest BCUT2D eigenvalue weighted by molar-refractivity contribution is 0.0627. The number of carbonyl (C=O) groups is 1. The minimum Gasteiger partial charge on any atom is -0.395 e. The summed E-state index contributed by atoms with van der Waals surface area (Å²) in [6.45, 7) is 8.39. The summed E-state index contributed by atoms with van der Waals surface area (Å²) in [5, 5.41) is 9.07. The molecule has 0 aromatic heterocycles. The lowest BCUT2D eigenvalue weighted by Crippen LogP contribution is -2.49. The number of benzene rings is 1. The molecule has 5 heteroatoms. The largest absolute Gasteiger partial charge is 0.395 e. The van der Waals surface area contributed by atoms with Gasteiger partial charge in [0.1, 0.15) is 0 Å². The molecule has 2 aliphatic rings. The van der Waals surface area contributed by atoms with Gasteiger partial charge in [0.25, 0.3) is 5.91 Å². The van der Waals surface area contributed by atoms with Crippen molar-refractivity contribution in [3.8, 4) is 0 Å². The van der Waals surface area contributed by atoms with Gasteiger partial charge < -0.3 is 10.0 Å². The van der Waals surface area contributed by atoms with E-state index in [-0.39, 0.29) is 12.5 Å². The number of rotatable bonds is 7. The van der Waals surface area contributed by atoms with Crippen molar-refractivity contribution in [3.05, 3.63) is 35.4 Å². The van der Waals surface area contributed by atoms with Crippen molar-refractivity contribution < 1.29 is 9.90 Å². The summed E-state index contributed by atoms with van der Waals surface area (Å²) in [4.78, 5) is 19.3. The van der Waals surface area contributed by atoms with Crippen molar-refractivity contribution in [1.82, 2.24) is 14.7 Å². The summed E-state index contributed by atoms with van der Waals surface area (Å²) in [5.41, 5.74) is 1.96. The van der Waals surface area contributed by atoms with Crippen molar-refractivity contribution in [1.29, 1.82) is 0 Å². The number of likely N-dealkylation sites (N-methyl/N-ethyl adjacent to an activating group) is 1. The summed E-state index contributed by atoms with van der Waals surface area (Å²) in [5.74, 6) is 0.153. The first-order valence-corrected chi connectivity index (χ1v) is 9.16. The van der Waals surface area contributed by atoms with Crippen molar-refractivity contribution in [3.63, 3.8) is 0 Å². The molecule has 1 aromatic rings. The van der Waals surface area contributed by atoms with E-state index in [9.17, 15) is 4.79 Å². The summed E-state index contributed by atoms with van der Waals surface area (Å²) >= 11 is 0. The highest BCUT2D eigenvalue weighted by Crippen LogP contribution is 2.27. The van der Waals surface area contributed by atoms with E-state index in [0.29, 0.717) is 6.54 Å². The first-order chi connectivity index (χ1) is 11.7. The van der Waals surface area contributed by atoms with Crippen LogP contribution in [0, 0.1) is 0 Å². The van der Waals surface area contributed by atoms with Gasteiger partial charge in [-0.15, -0.1) is 0 Å². The molecule has 0 radical (unpaired) electrons. The molecule has 1 amide bonds. The molecule has 2 fully saturated rings. The van der Waals surface area contributed by atoms with Crippen LogP contribution in [0.15, 0.2) is 24.3 Å². The fraction of sp³-hybridized carbons (Fsp3) is 0.632. The van der Waals surface area contributed by atoms with Crippen LogP contribution >= 0.6 is 0 Å². The van der Waals surface area contributed by atoms with Crippen molar-refractivity contribution in [2.24, 2.45) is 0 Å². The number of nitrogens with zero attached hydrogens (tertiary/aromatic N) is 3. The van der Waals surface area contributed by atoms with Gasteiger partial charge in [0.2, 0.25) is 0 Å². The molecule has 1 N–H and O–H groups in total. The van der Waals surface area contributed by atoms with Gasteiger partial charge in [-0.2, -0.15) is 0 Å². The number of piperazine rings is 1. The predicted molar refractivity (Wildman–Crippen MR) is 95.0 cm³/mol. The Morgan fingerprint density at radius 2 is 1.83 bits per heavy atom. The van der Waals surface area contributed by atoms with Gasteiger partial charge in [-0.05, 0) is 37.1 Å².